The molecule has 0 aliphatic heterocycles. The third kappa shape index (κ3) is 5.38. The Bertz CT molecular complexity index is 554. The van der Waals surface area contributed by atoms with E-state index in [1.54, 1.807) is 0 Å². The van der Waals surface area contributed by atoms with E-state index in [0.29, 0.717) is 18.1 Å². The number of benzene rings is 2. The Morgan fingerprint density at radius 3 is 2.48 bits per heavy atom. The summed E-state index contributed by atoms with van der Waals surface area (Å²) in [5.74, 6) is 0.793. The molecule has 0 aliphatic carbocycles. The molecule has 2 aromatic rings. The molecule has 2 aromatic carbocycles. The van der Waals surface area contributed by atoms with E-state index in [0.717, 1.165) is 23.3 Å². The average molecular weight is 307 g/mol. The minimum absolute atomic E-state index is 0.194. The van der Waals surface area contributed by atoms with Crippen LogP contribution in [0.1, 0.15) is 17.5 Å². The van der Waals surface area contributed by atoms with Crippen LogP contribution in [0.5, 0.6) is 5.75 Å². The van der Waals surface area contributed by atoms with Crippen molar-refractivity contribution in [2.75, 3.05) is 6.61 Å². The predicted molar refractivity (Wildman–Crippen MR) is 83.6 cm³/mol. The van der Waals surface area contributed by atoms with Crippen LogP contribution in [0.25, 0.3) is 0 Å². The van der Waals surface area contributed by atoms with Crippen LogP contribution in [0.15, 0.2) is 48.5 Å². The van der Waals surface area contributed by atoms with Crippen LogP contribution < -0.4 is 4.74 Å². The van der Waals surface area contributed by atoms with E-state index in [2.05, 4.69) is 0 Å². The number of hydrogen-bond acceptors (Lipinski definition) is 3. The van der Waals surface area contributed by atoms with Crippen LogP contribution in [0.3, 0.4) is 0 Å². The predicted octanol–water partition coefficient (Wildman–Crippen LogP) is 3.20. The molecule has 0 radical (unpaired) electrons. The topological polar surface area (TPSA) is 49.7 Å². The molecular weight excluding hydrogens is 288 g/mol. The molecule has 0 heterocycles. The third-order valence-corrected chi connectivity index (χ3v) is 3.43. The smallest absolute Gasteiger partial charge is 0.119 e. The molecule has 0 saturated heterocycles. The maximum absolute atomic E-state index is 9.32. The number of aryl methyl sites for hydroxylation is 1. The highest BCUT2D eigenvalue weighted by molar-refractivity contribution is 6.30. The fourth-order valence-corrected chi connectivity index (χ4v) is 2.18. The van der Waals surface area contributed by atoms with Crippen LogP contribution in [0, 0.1) is 0 Å². The fourth-order valence-electron chi connectivity index (χ4n) is 1.97. The van der Waals surface area contributed by atoms with Gasteiger partial charge in [-0.05, 0) is 48.2 Å². The zero-order chi connectivity index (χ0) is 15.1. The quantitative estimate of drug-likeness (QED) is 0.826. The third-order valence-electron chi connectivity index (χ3n) is 3.19. The van der Waals surface area contributed by atoms with Crippen molar-refractivity contribution in [3.05, 3.63) is 64.7 Å². The summed E-state index contributed by atoms with van der Waals surface area (Å²) < 4.78 is 5.70. The standard InChI is InChI=1S/C17H19ClO3/c18-15-3-1-2-14(10-15)12-21-17-8-5-13(6-9-17)4-7-16(20)11-19/h1-3,5-6,8-10,16,19-20H,4,7,11-12H2. The second-order valence-corrected chi connectivity index (χ2v) is 5.37. The van der Waals surface area contributed by atoms with Gasteiger partial charge in [-0.15, -0.1) is 0 Å². The van der Waals surface area contributed by atoms with E-state index in [9.17, 15) is 5.11 Å². The molecule has 0 aliphatic rings. The van der Waals surface area contributed by atoms with Crippen molar-refractivity contribution in [2.24, 2.45) is 0 Å². The van der Waals surface area contributed by atoms with Crippen molar-refractivity contribution in [1.82, 2.24) is 0 Å². The monoisotopic (exact) mass is 306 g/mol. The van der Waals surface area contributed by atoms with E-state index >= 15 is 0 Å². The van der Waals surface area contributed by atoms with Crippen molar-refractivity contribution in [1.29, 1.82) is 0 Å². The lowest BCUT2D eigenvalue weighted by Gasteiger charge is -2.09. The molecule has 1 atom stereocenters. The summed E-state index contributed by atoms with van der Waals surface area (Å²) in [7, 11) is 0. The number of halogens is 1. The summed E-state index contributed by atoms with van der Waals surface area (Å²) in [6, 6.07) is 15.3. The van der Waals surface area contributed by atoms with Crippen LogP contribution >= 0.6 is 11.6 Å². The summed E-state index contributed by atoms with van der Waals surface area (Å²) in [5, 5.41) is 18.8. The van der Waals surface area contributed by atoms with E-state index in [1.165, 1.54) is 0 Å². The van der Waals surface area contributed by atoms with E-state index in [4.69, 9.17) is 21.4 Å². The van der Waals surface area contributed by atoms with Crippen LogP contribution in [-0.4, -0.2) is 22.9 Å². The van der Waals surface area contributed by atoms with Crippen molar-refractivity contribution >= 4 is 11.6 Å². The van der Waals surface area contributed by atoms with Crippen LogP contribution in [0.2, 0.25) is 5.02 Å². The van der Waals surface area contributed by atoms with Gasteiger partial charge in [0.2, 0.25) is 0 Å². The number of aliphatic hydroxyl groups is 2. The van der Waals surface area contributed by atoms with Crippen LogP contribution in [-0.2, 0) is 13.0 Å². The zero-order valence-electron chi connectivity index (χ0n) is 11.7. The Balaban J connectivity index is 1.85. The van der Waals surface area contributed by atoms with Gasteiger partial charge in [-0.25, -0.2) is 0 Å². The summed E-state index contributed by atoms with van der Waals surface area (Å²) in [6.45, 7) is 0.282. The van der Waals surface area contributed by atoms with E-state index in [-0.39, 0.29) is 6.61 Å². The molecule has 4 heteroatoms. The molecule has 21 heavy (non-hydrogen) atoms. The molecule has 0 fully saturated rings. The second kappa shape index (κ2) is 8.03. The molecule has 1 unspecified atom stereocenters. The van der Waals surface area contributed by atoms with E-state index < -0.39 is 6.10 Å². The Morgan fingerprint density at radius 2 is 1.81 bits per heavy atom. The summed E-state index contributed by atoms with van der Waals surface area (Å²) in [4.78, 5) is 0. The van der Waals surface area contributed by atoms with Gasteiger partial charge in [-0.1, -0.05) is 35.9 Å². The largest absolute Gasteiger partial charge is 0.489 e. The summed E-state index contributed by atoms with van der Waals surface area (Å²) in [6.07, 6.45) is 0.638. The zero-order valence-corrected chi connectivity index (χ0v) is 12.5. The molecule has 0 saturated carbocycles. The molecule has 112 valence electrons. The maximum atomic E-state index is 9.32. The Hall–Kier alpha value is -1.55. The van der Waals surface area contributed by atoms with Gasteiger partial charge >= 0.3 is 0 Å². The first kappa shape index (κ1) is 15.8. The molecule has 0 amide bonds. The SMILES string of the molecule is OCC(O)CCc1ccc(OCc2cccc(Cl)c2)cc1. The normalized spacial score (nSPS) is 12.1. The van der Waals surface area contributed by atoms with Crippen molar-refractivity contribution in [3.63, 3.8) is 0 Å². The molecule has 3 nitrogen and oxygen atoms in total. The Morgan fingerprint density at radius 1 is 1.05 bits per heavy atom. The lowest BCUT2D eigenvalue weighted by atomic mass is 10.1. The van der Waals surface area contributed by atoms with Crippen LogP contribution in [0.4, 0.5) is 0 Å². The second-order valence-electron chi connectivity index (χ2n) is 4.94. The molecule has 0 spiro atoms. The average Bonchev–Trinajstić information content (AvgIpc) is 2.51. The fraction of sp³-hybridized carbons (Fsp3) is 0.294. The molecule has 2 rings (SSSR count). The van der Waals surface area contributed by atoms with Crippen molar-refractivity contribution in [3.8, 4) is 5.75 Å². The van der Waals surface area contributed by atoms with Gasteiger partial charge in [-0.3, -0.25) is 0 Å². The highest BCUT2D eigenvalue weighted by atomic mass is 35.5. The van der Waals surface area contributed by atoms with Crippen molar-refractivity contribution in [2.45, 2.75) is 25.6 Å². The highest BCUT2D eigenvalue weighted by Crippen LogP contribution is 2.17. The van der Waals surface area contributed by atoms with Gasteiger partial charge in [0.1, 0.15) is 12.4 Å². The first-order valence-corrected chi connectivity index (χ1v) is 7.30. The number of aliphatic hydroxyl groups excluding tert-OH is 2. The first-order valence-electron chi connectivity index (χ1n) is 6.92. The summed E-state index contributed by atoms with van der Waals surface area (Å²) >= 11 is 5.93. The molecule has 0 aromatic heterocycles. The van der Waals surface area contributed by atoms with Gasteiger partial charge in [0, 0.05) is 5.02 Å². The maximum Gasteiger partial charge on any atom is 0.119 e. The number of hydrogen-bond donors (Lipinski definition) is 2. The van der Waals surface area contributed by atoms with Gasteiger partial charge < -0.3 is 14.9 Å². The van der Waals surface area contributed by atoms with Gasteiger partial charge in [0.05, 0.1) is 12.7 Å². The Kier molecular flexibility index (Phi) is 6.05. The van der Waals surface area contributed by atoms with Gasteiger partial charge in [0.25, 0.3) is 0 Å². The molecular formula is C17H19ClO3. The first-order chi connectivity index (χ1) is 10.2. The minimum atomic E-state index is -0.649. The minimum Gasteiger partial charge on any atom is -0.489 e. The Labute approximate surface area is 129 Å². The lowest BCUT2D eigenvalue weighted by Crippen LogP contribution is -2.12. The van der Waals surface area contributed by atoms with E-state index in [1.807, 2.05) is 48.5 Å². The van der Waals surface area contributed by atoms with Gasteiger partial charge in [0.15, 0.2) is 0 Å². The molecule has 0 bridgehead atoms. The van der Waals surface area contributed by atoms with Gasteiger partial charge in [-0.2, -0.15) is 0 Å². The molecule has 2 N–H and O–H groups in total. The highest BCUT2D eigenvalue weighted by Gasteiger charge is 2.03. The lowest BCUT2D eigenvalue weighted by molar-refractivity contribution is 0.0886. The number of rotatable bonds is 7. The summed E-state index contributed by atoms with van der Waals surface area (Å²) in [5.41, 5.74) is 2.13. The van der Waals surface area contributed by atoms with Crippen molar-refractivity contribution < 1.29 is 14.9 Å². The number of ether oxygens (including phenoxy) is 1.